The van der Waals surface area contributed by atoms with Crippen LogP contribution in [0.15, 0.2) is 18.2 Å². The van der Waals surface area contributed by atoms with E-state index in [-0.39, 0.29) is 17.9 Å². The molecule has 0 aromatic heterocycles. The molecular weight excluding hydrogens is 280 g/mol. The van der Waals surface area contributed by atoms with Gasteiger partial charge in [0.1, 0.15) is 0 Å². The van der Waals surface area contributed by atoms with Crippen molar-refractivity contribution in [1.82, 2.24) is 5.32 Å². The maximum Gasteiger partial charge on any atom is 0.331 e. The second-order valence-electron chi connectivity index (χ2n) is 4.78. The zero-order valence-corrected chi connectivity index (χ0v) is 11.9. The molecule has 21 heavy (non-hydrogen) atoms. The van der Waals surface area contributed by atoms with Gasteiger partial charge in [-0.1, -0.05) is 6.07 Å². The molecule has 8 heteroatoms. The number of carbonyl (C=O) groups is 2. The van der Waals surface area contributed by atoms with E-state index in [1.54, 1.807) is 6.92 Å². The molecule has 0 saturated heterocycles. The van der Waals surface area contributed by atoms with Gasteiger partial charge in [0.05, 0.1) is 11.5 Å². The van der Waals surface area contributed by atoms with E-state index in [0.29, 0.717) is 5.56 Å². The number of aryl methyl sites for hydroxylation is 1. The molecule has 0 spiro atoms. The van der Waals surface area contributed by atoms with Gasteiger partial charge < -0.3 is 15.2 Å². The third kappa shape index (κ3) is 3.76. The Morgan fingerprint density at radius 3 is 2.57 bits per heavy atom. The number of carbonyl (C=O) groups excluding carboxylic acids is 1. The van der Waals surface area contributed by atoms with E-state index in [2.05, 4.69) is 5.32 Å². The summed E-state index contributed by atoms with van der Waals surface area (Å²) < 4.78 is 4.79. The summed E-state index contributed by atoms with van der Waals surface area (Å²) in [7, 11) is 1.31. The van der Waals surface area contributed by atoms with Crippen LogP contribution in [0.1, 0.15) is 22.8 Å². The van der Waals surface area contributed by atoms with Crippen LogP contribution in [0, 0.1) is 17.0 Å². The van der Waals surface area contributed by atoms with E-state index in [4.69, 9.17) is 9.84 Å². The van der Waals surface area contributed by atoms with Gasteiger partial charge >= 0.3 is 5.97 Å². The minimum Gasteiger partial charge on any atom is -0.479 e. The molecule has 1 rings (SSSR count). The number of nitro benzene ring substituents is 1. The predicted octanol–water partition coefficient (Wildman–Crippen LogP) is 1.12. The van der Waals surface area contributed by atoms with Crippen LogP contribution in [0.4, 0.5) is 5.69 Å². The number of ether oxygens (including phenoxy) is 1. The molecule has 114 valence electrons. The van der Waals surface area contributed by atoms with Gasteiger partial charge in [0, 0.05) is 24.8 Å². The quantitative estimate of drug-likeness (QED) is 0.599. The fourth-order valence-electron chi connectivity index (χ4n) is 1.73. The summed E-state index contributed by atoms with van der Waals surface area (Å²) in [6, 6.07) is 3.82. The first-order valence-corrected chi connectivity index (χ1v) is 6.01. The highest BCUT2D eigenvalue weighted by molar-refractivity contribution is 5.99. The van der Waals surface area contributed by atoms with Crippen LogP contribution in [0.5, 0.6) is 0 Å². The van der Waals surface area contributed by atoms with Crippen LogP contribution >= 0.6 is 0 Å². The van der Waals surface area contributed by atoms with Crippen LogP contribution in [-0.2, 0) is 9.53 Å². The van der Waals surface area contributed by atoms with Crippen LogP contribution in [0.2, 0.25) is 0 Å². The number of nitrogens with zero attached hydrogens (tertiary/aromatic N) is 1. The summed E-state index contributed by atoms with van der Waals surface area (Å²) in [5.41, 5.74) is -1.31. The summed E-state index contributed by atoms with van der Waals surface area (Å²) in [5.74, 6) is -1.97. The minimum absolute atomic E-state index is 0.0489. The SMILES string of the molecule is COCC(C)(NC(=O)c1cc([N+](=O)[O-])ccc1C)C(=O)O. The number of hydrogen-bond acceptors (Lipinski definition) is 5. The first-order chi connectivity index (χ1) is 9.71. The number of non-ortho nitro benzene ring substituents is 1. The molecule has 0 heterocycles. The zero-order valence-electron chi connectivity index (χ0n) is 11.9. The van der Waals surface area contributed by atoms with Gasteiger partial charge in [0.15, 0.2) is 5.54 Å². The number of aliphatic carboxylic acids is 1. The molecule has 2 N–H and O–H groups in total. The number of carboxylic acid groups (broad SMARTS) is 1. The molecule has 1 amide bonds. The number of rotatable bonds is 6. The highest BCUT2D eigenvalue weighted by atomic mass is 16.6. The fourth-order valence-corrected chi connectivity index (χ4v) is 1.73. The standard InChI is InChI=1S/C13H16N2O6/c1-8-4-5-9(15(19)20)6-10(8)11(16)14-13(2,7-21-3)12(17)18/h4-6H,7H2,1-3H3,(H,14,16)(H,17,18). The second-order valence-corrected chi connectivity index (χ2v) is 4.78. The molecule has 0 fully saturated rings. The Morgan fingerprint density at radius 2 is 2.10 bits per heavy atom. The number of methoxy groups -OCH3 is 1. The summed E-state index contributed by atoms with van der Waals surface area (Å²) in [6.45, 7) is 2.67. The van der Waals surface area contributed by atoms with Gasteiger partial charge in [0.25, 0.3) is 11.6 Å². The lowest BCUT2D eigenvalue weighted by Gasteiger charge is -2.25. The van der Waals surface area contributed by atoms with E-state index in [1.807, 2.05) is 0 Å². The fraction of sp³-hybridized carbons (Fsp3) is 0.385. The van der Waals surface area contributed by atoms with Gasteiger partial charge in [0.2, 0.25) is 0 Å². The van der Waals surface area contributed by atoms with Gasteiger partial charge in [-0.05, 0) is 19.4 Å². The first-order valence-electron chi connectivity index (χ1n) is 6.01. The lowest BCUT2D eigenvalue weighted by Crippen LogP contribution is -2.55. The second kappa shape index (κ2) is 6.31. The van der Waals surface area contributed by atoms with Crippen molar-refractivity contribution in [1.29, 1.82) is 0 Å². The Bertz CT molecular complexity index is 586. The van der Waals surface area contributed by atoms with Gasteiger partial charge in [-0.2, -0.15) is 0 Å². The number of amides is 1. The van der Waals surface area contributed by atoms with Crippen molar-refractivity contribution in [2.45, 2.75) is 19.4 Å². The van der Waals surface area contributed by atoms with Crippen molar-refractivity contribution in [2.75, 3.05) is 13.7 Å². The Labute approximate surface area is 120 Å². The molecule has 1 aromatic carbocycles. The smallest absolute Gasteiger partial charge is 0.331 e. The average molecular weight is 296 g/mol. The lowest BCUT2D eigenvalue weighted by molar-refractivity contribution is -0.384. The van der Waals surface area contributed by atoms with Crippen LogP contribution in [-0.4, -0.2) is 41.2 Å². The molecular formula is C13H16N2O6. The van der Waals surface area contributed by atoms with E-state index in [1.165, 1.54) is 26.2 Å². The van der Waals surface area contributed by atoms with Gasteiger partial charge in [-0.3, -0.25) is 14.9 Å². The van der Waals surface area contributed by atoms with E-state index in [0.717, 1.165) is 6.07 Å². The maximum absolute atomic E-state index is 12.2. The Morgan fingerprint density at radius 1 is 1.48 bits per heavy atom. The molecule has 1 unspecified atom stereocenters. The molecule has 0 radical (unpaired) electrons. The normalized spacial score (nSPS) is 13.3. The topological polar surface area (TPSA) is 119 Å². The summed E-state index contributed by atoms with van der Waals surface area (Å²) in [4.78, 5) is 33.5. The lowest BCUT2D eigenvalue weighted by atomic mass is 10.0. The summed E-state index contributed by atoms with van der Waals surface area (Å²) in [6.07, 6.45) is 0. The largest absolute Gasteiger partial charge is 0.479 e. The van der Waals surface area contributed by atoms with Crippen molar-refractivity contribution in [2.24, 2.45) is 0 Å². The van der Waals surface area contributed by atoms with Crippen LogP contribution < -0.4 is 5.32 Å². The number of carboxylic acids is 1. The molecule has 8 nitrogen and oxygen atoms in total. The Hall–Kier alpha value is -2.48. The summed E-state index contributed by atoms with van der Waals surface area (Å²) in [5, 5.41) is 22.2. The van der Waals surface area contributed by atoms with Crippen molar-refractivity contribution < 1.29 is 24.4 Å². The highest BCUT2D eigenvalue weighted by Crippen LogP contribution is 2.18. The minimum atomic E-state index is -1.62. The van der Waals surface area contributed by atoms with Gasteiger partial charge in [-0.25, -0.2) is 4.79 Å². The molecule has 0 aliphatic heterocycles. The summed E-state index contributed by atoms with van der Waals surface area (Å²) >= 11 is 0. The van der Waals surface area contributed by atoms with E-state index >= 15 is 0 Å². The monoisotopic (exact) mass is 296 g/mol. The van der Waals surface area contributed by atoms with E-state index < -0.39 is 22.3 Å². The number of hydrogen-bond donors (Lipinski definition) is 2. The molecule has 0 saturated carbocycles. The van der Waals surface area contributed by atoms with Crippen molar-refractivity contribution in [3.8, 4) is 0 Å². The Balaban J connectivity index is 3.11. The van der Waals surface area contributed by atoms with Crippen molar-refractivity contribution in [3.63, 3.8) is 0 Å². The van der Waals surface area contributed by atoms with Crippen LogP contribution in [0.3, 0.4) is 0 Å². The zero-order chi connectivity index (χ0) is 16.2. The van der Waals surface area contributed by atoms with Crippen molar-refractivity contribution in [3.05, 3.63) is 39.4 Å². The number of benzene rings is 1. The number of nitro groups is 1. The van der Waals surface area contributed by atoms with Crippen molar-refractivity contribution >= 4 is 17.6 Å². The average Bonchev–Trinajstić information content (AvgIpc) is 2.38. The predicted molar refractivity (Wildman–Crippen MR) is 73.2 cm³/mol. The molecule has 0 aliphatic carbocycles. The Kier molecular flexibility index (Phi) is 4.98. The third-order valence-electron chi connectivity index (χ3n) is 2.97. The molecule has 1 atom stereocenters. The first kappa shape index (κ1) is 16.6. The van der Waals surface area contributed by atoms with E-state index in [9.17, 15) is 19.7 Å². The third-order valence-corrected chi connectivity index (χ3v) is 2.97. The number of nitrogens with one attached hydrogen (secondary N) is 1. The molecule has 0 aliphatic rings. The molecule has 1 aromatic rings. The maximum atomic E-state index is 12.2. The van der Waals surface area contributed by atoms with Gasteiger partial charge in [-0.15, -0.1) is 0 Å². The van der Waals surface area contributed by atoms with Crippen LogP contribution in [0.25, 0.3) is 0 Å². The highest BCUT2D eigenvalue weighted by Gasteiger charge is 2.35. The molecule has 0 bridgehead atoms.